The van der Waals surface area contributed by atoms with Crippen molar-refractivity contribution >= 4 is 0 Å². The first kappa shape index (κ1) is 15.1. The SMILES string of the molecule is CNC1c2ccccc2C(C)CC1OCC1CCCCC1. The van der Waals surface area contributed by atoms with Crippen LogP contribution in [0.15, 0.2) is 24.3 Å². The smallest absolute Gasteiger partial charge is 0.0775 e. The Morgan fingerprint density at radius 2 is 1.81 bits per heavy atom. The van der Waals surface area contributed by atoms with Crippen LogP contribution >= 0.6 is 0 Å². The predicted molar refractivity (Wildman–Crippen MR) is 87.6 cm³/mol. The molecule has 2 nitrogen and oxygen atoms in total. The van der Waals surface area contributed by atoms with Gasteiger partial charge in [-0.1, -0.05) is 50.5 Å². The zero-order valence-electron chi connectivity index (χ0n) is 13.5. The van der Waals surface area contributed by atoms with E-state index in [0.717, 1.165) is 18.9 Å². The maximum absolute atomic E-state index is 6.39. The van der Waals surface area contributed by atoms with Crippen molar-refractivity contribution in [3.05, 3.63) is 35.4 Å². The van der Waals surface area contributed by atoms with E-state index in [1.165, 1.54) is 43.2 Å². The molecule has 3 rings (SSSR count). The van der Waals surface area contributed by atoms with Gasteiger partial charge >= 0.3 is 0 Å². The van der Waals surface area contributed by atoms with Crippen LogP contribution in [0.1, 0.15) is 68.5 Å². The van der Waals surface area contributed by atoms with Crippen LogP contribution in [-0.4, -0.2) is 19.8 Å². The average molecular weight is 287 g/mol. The number of benzene rings is 1. The van der Waals surface area contributed by atoms with Gasteiger partial charge in [-0.3, -0.25) is 0 Å². The minimum Gasteiger partial charge on any atom is -0.376 e. The monoisotopic (exact) mass is 287 g/mol. The third kappa shape index (κ3) is 3.32. The Hall–Kier alpha value is -0.860. The van der Waals surface area contributed by atoms with Crippen molar-refractivity contribution in [3.8, 4) is 0 Å². The Bertz CT molecular complexity index is 453. The fourth-order valence-electron chi connectivity index (χ4n) is 4.17. The second-order valence-corrected chi connectivity index (χ2v) is 6.91. The minimum absolute atomic E-state index is 0.321. The molecule has 21 heavy (non-hydrogen) atoms. The normalized spacial score (nSPS) is 30.1. The van der Waals surface area contributed by atoms with Crippen LogP contribution in [0.3, 0.4) is 0 Å². The number of nitrogens with one attached hydrogen (secondary N) is 1. The number of ether oxygens (including phenoxy) is 1. The minimum atomic E-state index is 0.321. The molecule has 0 heterocycles. The molecule has 0 spiro atoms. The molecule has 1 aromatic rings. The van der Waals surface area contributed by atoms with E-state index in [1.54, 1.807) is 0 Å². The summed E-state index contributed by atoms with van der Waals surface area (Å²) in [5, 5.41) is 3.49. The highest BCUT2D eigenvalue weighted by Gasteiger charge is 2.33. The zero-order valence-corrected chi connectivity index (χ0v) is 13.5. The third-order valence-corrected chi connectivity index (χ3v) is 5.40. The van der Waals surface area contributed by atoms with Gasteiger partial charge in [0.25, 0.3) is 0 Å². The van der Waals surface area contributed by atoms with Crippen molar-refractivity contribution < 1.29 is 4.74 Å². The summed E-state index contributed by atoms with van der Waals surface area (Å²) < 4.78 is 6.39. The molecule has 0 radical (unpaired) electrons. The summed E-state index contributed by atoms with van der Waals surface area (Å²) in [6.45, 7) is 3.29. The zero-order chi connectivity index (χ0) is 14.7. The lowest BCUT2D eigenvalue weighted by atomic mass is 9.79. The summed E-state index contributed by atoms with van der Waals surface area (Å²) in [4.78, 5) is 0. The Kier molecular flexibility index (Phi) is 4.97. The Morgan fingerprint density at radius 1 is 1.10 bits per heavy atom. The molecule has 0 aromatic heterocycles. The summed E-state index contributed by atoms with van der Waals surface area (Å²) in [5.74, 6) is 1.39. The van der Waals surface area contributed by atoms with E-state index in [1.807, 2.05) is 0 Å². The molecule has 1 saturated carbocycles. The van der Waals surface area contributed by atoms with Crippen molar-refractivity contribution in [2.75, 3.05) is 13.7 Å². The molecule has 0 amide bonds. The van der Waals surface area contributed by atoms with Gasteiger partial charge in [0.15, 0.2) is 0 Å². The van der Waals surface area contributed by atoms with Gasteiger partial charge < -0.3 is 10.1 Å². The van der Waals surface area contributed by atoms with Gasteiger partial charge in [-0.15, -0.1) is 0 Å². The average Bonchev–Trinajstić information content (AvgIpc) is 2.54. The highest BCUT2D eigenvalue weighted by molar-refractivity contribution is 5.36. The highest BCUT2D eigenvalue weighted by atomic mass is 16.5. The fourth-order valence-corrected chi connectivity index (χ4v) is 4.17. The van der Waals surface area contributed by atoms with Crippen molar-refractivity contribution in [2.24, 2.45) is 5.92 Å². The molecule has 0 saturated heterocycles. The molecule has 3 atom stereocenters. The molecule has 1 fully saturated rings. The van der Waals surface area contributed by atoms with E-state index in [0.29, 0.717) is 18.1 Å². The van der Waals surface area contributed by atoms with Crippen molar-refractivity contribution in [2.45, 2.75) is 63.5 Å². The molecule has 3 unspecified atom stereocenters. The van der Waals surface area contributed by atoms with E-state index in [4.69, 9.17) is 4.74 Å². The van der Waals surface area contributed by atoms with Crippen molar-refractivity contribution in [1.29, 1.82) is 0 Å². The van der Waals surface area contributed by atoms with Gasteiger partial charge in [0.2, 0.25) is 0 Å². The van der Waals surface area contributed by atoms with Gasteiger partial charge in [-0.25, -0.2) is 0 Å². The topological polar surface area (TPSA) is 21.3 Å². The summed E-state index contributed by atoms with van der Waals surface area (Å²) in [6, 6.07) is 9.20. The van der Waals surface area contributed by atoms with Gasteiger partial charge in [-0.2, -0.15) is 0 Å². The largest absolute Gasteiger partial charge is 0.376 e. The molecule has 1 N–H and O–H groups in total. The molecular weight excluding hydrogens is 258 g/mol. The van der Waals surface area contributed by atoms with Crippen LogP contribution in [0, 0.1) is 5.92 Å². The molecule has 116 valence electrons. The summed E-state index contributed by atoms with van der Waals surface area (Å²) >= 11 is 0. The number of rotatable bonds is 4. The quantitative estimate of drug-likeness (QED) is 0.885. The Labute approximate surface area is 129 Å². The summed E-state index contributed by atoms with van der Waals surface area (Å²) in [5.41, 5.74) is 2.93. The first-order chi connectivity index (χ1) is 10.3. The molecule has 0 aliphatic heterocycles. The van der Waals surface area contributed by atoms with E-state index in [2.05, 4.69) is 43.6 Å². The fraction of sp³-hybridized carbons (Fsp3) is 0.684. The second kappa shape index (κ2) is 6.93. The van der Waals surface area contributed by atoms with E-state index in [-0.39, 0.29) is 0 Å². The number of fused-ring (bicyclic) bond motifs is 1. The molecule has 2 aliphatic rings. The Balaban J connectivity index is 1.68. The van der Waals surface area contributed by atoms with Crippen LogP contribution in [0.4, 0.5) is 0 Å². The van der Waals surface area contributed by atoms with E-state index < -0.39 is 0 Å². The molecule has 2 heteroatoms. The van der Waals surface area contributed by atoms with Gasteiger partial charge in [0.05, 0.1) is 12.1 Å². The number of hydrogen-bond donors (Lipinski definition) is 1. The van der Waals surface area contributed by atoms with Crippen LogP contribution in [0.25, 0.3) is 0 Å². The van der Waals surface area contributed by atoms with Gasteiger partial charge in [0.1, 0.15) is 0 Å². The lowest BCUT2D eigenvalue weighted by Gasteiger charge is -2.37. The van der Waals surface area contributed by atoms with Crippen molar-refractivity contribution in [3.63, 3.8) is 0 Å². The molecule has 1 aromatic carbocycles. The lowest BCUT2D eigenvalue weighted by molar-refractivity contribution is -0.0120. The van der Waals surface area contributed by atoms with E-state index >= 15 is 0 Å². The standard InChI is InChI=1S/C19H29NO/c1-14-12-18(21-13-15-8-4-3-5-9-15)19(20-2)17-11-7-6-10-16(14)17/h6-7,10-11,14-15,18-20H,3-5,8-9,12-13H2,1-2H3. The molecule has 0 bridgehead atoms. The maximum Gasteiger partial charge on any atom is 0.0775 e. The van der Waals surface area contributed by atoms with Crippen LogP contribution in [-0.2, 0) is 4.74 Å². The van der Waals surface area contributed by atoms with Gasteiger partial charge in [-0.05, 0) is 49.3 Å². The number of likely N-dealkylation sites (N-methyl/N-ethyl adjacent to an activating group) is 1. The molecule has 2 aliphatic carbocycles. The molecular formula is C19H29NO. The van der Waals surface area contributed by atoms with Crippen LogP contribution in [0.5, 0.6) is 0 Å². The van der Waals surface area contributed by atoms with Crippen molar-refractivity contribution in [1.82, 2.24) is 5.32 Å². The van der Waals surface area contributed by atoms with Crippen LogP contribution in [0.2, 0.25) is 0 Å². The Morgan fingerprint density at radius 3 is 2.52 bits per heavy atom. The second-order valence-electron chi connectivity index (χ2n) is 6.91. The predicted octanol–water partition coefficient (Wildman–Crippen LogP) is 4.42. The number of hydrogen-bond acceptors (Lipinski definition) is 2. The van der Waals surface area contributed by atoms with Gasteiger partial charge in [0, 0.05) is 6.61 Å². The summed E-state index contributed by atoms with van der Waals surface area (Å²) in [6.07, 6.45) is 8.40. The third-order valence-electron chi connectivity index (χ3n) is 5.40. The first-order valence-corrected chi connectivity index (χ1v) is 8.67. The first-order valence-electron chi connectivity index (χ1n) is 8.67. The maximum atomic E-state index is 6.39. The van der Waals surface area contributed by atoms with E-state index in [9.17, 15) is 0 Å². The highest BCUT2D eigenvalue weighted by Crippen LogP contribution is 2.39. The lowest BCUT2D eigenvalue weighted by Crippen LogP contribution is -2.38. The van der Waals surface area contributed by atoms with Crippen LogP contribution < -0.4 is 5.32 Å². The summed E-state index contributed by atoms with van der Waals surface area (Å²) in [7, 11) is 2.06.